The normalized spacial score (nSPS) is 11.1. The van der Waals surface area contributed by atoms with Gasteiger partial charge in [-0.1, -0.05) is 0 Å². The van der Waals surface area contributed by atoms with Gasteiger partial charge in [-0.25, -0.2) is 5.84 Å². The number of hydrogen-bond donors (Lipinski definition) is 2. The molecule has 0 fully saturated rings. The van der Waals surface area contributed by atoms with Crippen molar-refractivity contribution in [1.82, 2.24) is 10.3 Å². The number of nitrogens with zero attached hydrogens (tertiary/aromatic N) is 1. The van der Waals surface area contributed by atoms with Crippen molar-refractivity contribution in [2.45, 2.75) is 13.5 Å². The summed E-state index contributed by atoms with van der Waals surface area (Å²) in [6.07, 6.45) is 0. The molecule has 0 aliphatic heterocycles. The lowest BCUT2D eigenvalue weighted by Gasteiger charge is -2.20. The van der Waals surface area contributed by atoms with E-state index in [0.29, 0.717) is 25.5 Å². The summed E-state index contributed by atoms with van der Waals surface area (Å²) in [5.41, 5.74) is 2.84. The first-order chi connectivity index (χ1) is 9.62. The predicted octanol–water partition coefficient (Wildman–Crippen LogP) is 0.286. The number of rotatable bonds is 9. The minimum atomic E-state index is -0.422. The molecule has 1 heterocycles. The lowest BCUT2D eigenvalue weighted by atomic mass is 10.2. The number of nitrogens with one attached hydrogen (secondary N) is 1. The summed E-state index contributed by atoms with van der Waals surface area (Å²) in [7, 11) is 3.32. The molecule has 114 valence electrons. The van der Waals surface area contributed by atoms with E-state index in [2.05, 4.69) is 10.3 Å². The van der Waals surface area contributed by atoms with Crippen LogP contribution in [0.5, 0.6) is 0 Å². The maximum absolute atomic E-state index is 11.5. The van der Waals surface area contributed by atoms with Gasteiger partial charge in [-0.3, -0.25) is 15.1 Å². The number of amides is 1. The van der Waals surface area contributed by atoms with Gasteiger partial charge in [0.25, 0.3) is 0 Å². The Kier molecular flexibility index (Phi) is 7.24. The Morgan fingerprint density at radius 1 is 1.35 bits per heavy atom. The number of nitrogens with two attached hydrogens (primary N) is 1. The summed E-state index contributed by atoms with van der Waals surface area (Å²) in [6, 6.07) is 1.84. The Labute approximate surface area is 119 Å². The number of carbonyl (C=O) groups is 1. The van der Waals surface area contributed by atoms with Crippen LogP contribution in [-0.4, -0.2) is 51.3 Å². The van der Waals surface area contributed by atoms with Crippen molar-refractivity contribution in [3.63, 3.8) is 0 Å². The maximum Gasteiger partial charge on any atom is 0.301 e. The molecule has 0 radical (unpaired) electrons. The summed E-state index contributed by atoms with van der Waals surface area (Å²) < 4.78 is 15.7. The molecule has 7 nitrogen and oxygen atoms in total. The van der Waals surface area contributed by atoms with Crippen LogP contribution in [0.2, 0.25) is 0 Å². The third kappa shape index (κ3) is 4.93. The quantitative estimate of drug-likeness (QED) is 0.385. The van der Waals surface area contributed by atoms with E-state index in [-0.39, 0.29) is 5.76 Å². The summed E-state index contributed by atoms with van der Waals surface area (Å²) in [4.78, 5) is 13.6. The second-order valence-corrected chi connectivity index (χ2v) is 4.46. The van der Waals surface area contributed by atoms with Crippen LogP contribution in [0.1, 0.15) is 21.9 Å². The number of methoxy groups -OCH3 is 2. The van der Waals surface area contributed by atoms with E-state index in [1.54, 1.807) is 14.2 Å². The molecule has 0 saturated heterocycles. The summed E-state index contributed by atoms with van der Waals surface area (Å²) in [5.74, 6) is 5.66. The molecule has 7 heteroatoms. The molecule has 0 spiro atoms. The molecule has 1 amide bonds. The lowest BCUT2D eigenvalue weighted by Crippen LogP contribution is -2.30. The van der Waals surface area contributed by atoms with Crippen LogP contribution in [0.15, 0.2) is 10.5 Å². The molecule has 0 aromatic carbocycles. The molecule has 0 aliphatic rings. The van der Waals surface area contributed by atoms with Crippen LogP contribution in [0.4, 0.5) is 0 Å². The van der Waals surface area contributed by atoms with Gasteiger partial charge in [0, 0.05) is 32.9 Å². The Hall–Kier alpha value is -1.41. The molecule has 3 N–H and O–H groups in total. The largest absolute Gasteiger partial charge is 0.454 e. The number of furan rings is 1. The number of ether oxygens (including phenoxy) is 2. The first kappa shape index (κ1) is 16.6. The number of hydrazine groups is 1. The Morgan fingerprint density at radius 3 is 2.45 bits per heavy atom. The minimum absolute atomic E-state index is 0.251. The summed E-state index contributed by atoms with van der Waals surface area (Å²) in [6.45, 7) is 5.17. The van der Waals surface area contributed by atoms with Crippen molar-refractivity contribution < 1.29 is 18.7 Å². The van der Waals surface area contributed by atoms with E-state index in [0.717, 1.165) is 18.7 Å². The van der Waals surface area contributed by atoms with Crippen LogP contribution in [0.3, 0.4) is 0 Å². The fourth-order valence-electron chi connectivity index (χ4n) is 1.85. The van der Waals surface area contributed by atoms with Gasteiger partial charge in [0.1, 0.15) is 5.76 Å². The van der Waals surface area contributed by atoms with Crippen molar-refractivity contribution in [1.29, 1.82) is 0 Å². The fraction of sp³-hybridized carbons (Fsp3) is 0.615. The maximum atomic E-state index is 11.5. The van der Waals surface area contributed by atoms with Gasteiger partial charge in [-0.2, -0.15) is 0 Å². The number of carbonyl (C=O) groups excluding carboxylic acids is 1. The number of nitrogen functional groups attached to an aromatic ring is 1. The third-order valence-electron chi connectivity index (χ3n) is 2.91. The van der Waals surface area contributed by atoms with Gasteiger partial charge in [-0.15, -0.1) is 0 Å². The number of hydrogen-bond acceptors (Lipinski definition) is 6. The molecule has 0 saturated carbocycles. The highest BCUT2D eigenvalue weighted by Gasteiger charge is 2.16. The molecule has 0 unspecified atom stereocenters. The van der Waals surface area contributed by atoms with Crippen LogP contribution in [0.25, 0.3) is 0 Å². The van der Waals surface area contributed by atoms with Crippen molar-refractivity contribution in [3.8, 4) is 0 Å². The van der Waals surface area contributed by atoms with Crippen LogP contribution in [-0.2, 0) is 16.0 Å². The van der Waals surface area contributed by atoms with Gasteiger partial charge >= 0.3 is 5.91 Å². The van der Waals surface area contributed by atoms with E-state index < -0.39 is 5.91 Å². The molecule has 20 heavy (non-hydrogen) atoms. The van der Waals surface area contributed by atoms with Crippen LogP contribution in [0, 0.1) is 6.92 Å². The third-order valence-corrected chi connectivity index (χ3v) is 2.91. The average Bonchev–Trinajstić information content (AvgIpc) is 2.81. The van der Waals surface area contributed by atoms with Gasteiger partial charge in [-0.05, 0) is 13.0 Å². The van der Waals surface area contributed by atoms with Gasteiger partial charge in [0.2, 0.25) is 0 Å². The van der Waals surface area contributed by atoms with Crippen molar-refractivity contribution in [3.05, 3.63) is 23.2 Å². The second-order valence-electron chi connectivity index (χ2n) is 4.46. The average molecular weight is 285 g/mol. The van der Waals surface area contributed by atoms with Gasteiger partial charge in [0.05, 0.1) is 19.8 Å². The topological polar surface area (TPSA) is 90.0 Å². The van der Waals surface area contributed by atoms with Crippen LogP contribution >= 0.6 is 0 Å². The molecule has 1 aromatic rings. The highest BCUT2D eigenvalue weighted by atomic mass is 16.5. The van der Waals surface area contributed by atoms with Gasteiger partial charge in [0.15, 0.2) is 5.76 Å². The predicted molar refractivity (Wildman–Crippen MR) is 74.1 cm³/mol. The second kappa shape index (κ2) is 8.70. The Balaban J connectivity index is 2.69. The molecular formula is C13H23N3O4. The Bertz CT molecular complexity index is 412. The van der Waals surface area contributed by atoms with Gasteiger partial charge < -0.3 is 13.9 Å². The molecule has 1 rings (SSSR count). The van der Waals surface area contributed by atoms with Crippen molar-refractivity contribution in [2.75, 3.05) is 40.5 Å². The van der Waals surface area contributed by atoms with E-state index in [9.17, 15) is 4.79 Å². The van der Waals surface area contributed by atoms with E-state index in [1.807, 2.05) is 13.0 Å². The summed E-state index contributed by atoms with van der Waals surface area (Å²) >= 11 is 0. The van der Waals surface area contributed by atoms with Crippen LogP contribution < -0.4 is 11.3 Å². The molecule has 0 bridgehead atoms. The zero-order valence-corrected chi connectivity index (χ0v) is 12.3. The standard InChI is InChI=1S/C13H23N3O4/c1-10-8-11(20-12(10)13(17)15-14)9-16(4-6-18-2)5-7-19-3/h8H,4-7,9,14H2,1-3H3,(H,15,17). The Morgan fingerprint density at radius 2 is 1.95 bits per heavy atom. The minimum Gasteiger partial charge on any atom is -0.454 e. The molecule has 0 atom stereocenters. The zero-order valence-electron chi connectivity index (χ0n) is 12.3. The summed E-state index contributed by atoms with van der Waals surface area (Å²) in [5, 5.41) is 0. The SMILES string of the molecule is COCCN(CCOC)Cc1cc(C)c(C(=O)NN)o1. The van der Waals surface area contributed by atoms with Crippen molar-refractivity contribution in [2.24, 2.45) is 5.84 Å². The fourth-order valence-corrected chi connectivity index (χ4v) is 1.85. The zero-order chi connectivity index (χ0) is 15.0. The van der Waals surface area contributed by atoms with E-state index >= 15 is 0 Å². The molecule has 0 aliphatic carbocycles. The smallest absolute Gasteiger partial charge is 0.301 e. The lowest BCUT2D eigenvalue weighted by molar-refractivity contribution is 0.0910. The van der Waals surface area contributed by atoms with E-state index in [4.69, 9.17) is 19.7 Å². The van der Waals surface area contributed by atoms with Crippen molar-refractivity contribution >= 4 is 5.91 Å². The first-order valence-corrected chi connectivity index (χ1v) is 6.42. The highest BCUT2D eigenvalue weighted by Crippen LogP contribution is 2.16. The number of aryl methyl sites for hydroxylation is 1. The molecule has 1 aromatic heterocycles. The molecular weight excluding hydrogens is 262 g/mol. The van der Waals surface area contributed by atoms with E-state index in [1.165, 1.54) is 0 Å². The monoisotopic (exact) mass is 285 g/mol. The first-order valence-electron chi connectivity index (χ1n) is 6.42. The highest BCUT2D eigenvalue weighted by molar-refractivity contribution is 5.92.